The van der Waals surface area contributed by atoms with Crippen LogP contribution in [0.1, 0.15) is 31.1 Å². The van der Waals surface area contributed by atoms with Crippen LogP contribution in [-0.4, -0.2) is 22.9 Å². The molecule has 0 spiro atoms. The number of aliphatic hydroxyl groups excluding tert-OH is 1. The predicted molar refractivity (Wildman–Crippen MR) is 117 cm³/mol. The van der Waals surface area contributed by atoms with Crippen molar-refractivity contribution >= 4 is 18.7 Å². The number of aliphatic hydroxyl groups is 1. The summed E-state index contributed by atoms with van der Waals surface area (Å²) in [5, 5.41) is 13.7. The van der Waals surface area contributed by atoms with Crippen LogP contribution in [0.15, 0.2) is 84.9 Å². The Balaban J connectivity index is 2.00. The molecule has 3 aromatic rings. The molecule has 0 aliphatic rings. The highest BCUT2D eigenvalue weighted by Gasteiger charge is 2.29. The molecule has 27 heavy (non-hydrogen) atoms. The predicted octanol–water partition coefficient (Wildman–Crippen LogP) is 4.65. The van der Waals surface area contributed by atoms with E-state index in [9.17, 15) is 5.11 Å². The summed E-state index contributed by atoms with van der Waals surface area (Å²) in [4.78, 5) is 0. The summed E-state index contributed by atoms with van der Waals surface area (Å²) < 4.78 is 2.36. The van der Waals surface area contributed by atoms with Crippen molar-refractivity contribution in [1.29, 1.82) is 0 Å². The summed E-state index contributed by atoms with van der Waals surface area (Å²) >= 11 is 0. The largest absolute Gasteiger partial charge is 0.387 e. The molecule has 0 saturated carbocycles. The van der Waals surface area contributed by atoms with Crippen LogP contribution in [-0.2, 0) is 6.42 Å². The van der Waals surface area contributed by atoms with E-state index in [0.717, 1.165) is 12.0 Å². The Morgan fingerprint density at radius 1 is 0.852 bits per heavy atom. The molecule has 0 fully saturated rings. The summed E-state index contributed by atoms with van der Waals surface area (Å²) in [7, 11) is 1.41. The van der Waals surface area contributed by atoms with Crippen molar-refractivity contribution in [1.82, 2.24) is 4.67 Å². The lowest BCUT2D eigenvalue weighted by molar-refractivity contribution is 0.111. The van der Waals surface area contributed by atoms with Crippen LogP contribution in [0.3, 0.4) is 0 Å². The molecule has 0 aromatic heterocycles. The van der Waals surface area contributed by atoms with Gasteiger partial charge in [-0.05, 0) is 42.1 Å². The second-order valence-corrected chi connectivity index (χ2v) is 9.05. The fourth-order valence-electron chi connectivity index (χ4n) is 3.39. The maximum Gasteiger partial charge on any atom is 0.0945 e. The molecular weight excluding hydrogens is 349 g/mol. The van der Waals surface area contributed by atoms with E-state index in [1.54, 1.807) is 0 Å². The number of hydrogen-bond donors (Lipinski definition) is 1. The summed E-state index contributed by atoms with van der Waals surface area (Å²) in [6, 6.07) is 29.3. The highest BCUT2D eigenvalue weighted by atomic mass is 31.1. The van der Waals surface area contributed by atoms with Gasteiger partial charge in [0.05, 0.1) is 6.10 Å². The second-order valence-electron chi connectivity index (χ2n) is 6.80. The maximum absolute atomic E-state index is 11.0. The smallest absolute Gasteiger partial charge is 0.0945 e. The third kappa shape index (κ3) is 4.47. The average molecular weight is 377 g/mol. The first-order valence-corrected chi connectivity index (χ1v) is 10.8. The number of likely N-dealkylation sites (N-methyl/N-ethyl adjacent to an activating group) is 1. The lowest BCUT2D eigenvalue weighted by Gasteiger charge is -2.37. The minimum Gasteiger partial charge on any atom is -0.387 e. The quantitative estimate of drug-likeness (QED) is 0.606. The molecule has 0 bridgehead atoms. The number of benzene rings is 3. The molecule has 3 atom stereocenters. The monoisotopic (exact) mass is 377 g/mol. The summed E-state index contributed by atoms with van der Waals surface area (Å²) in [6.07, 6.45) is 0.476. The zero-order valence-corrected chi connectivity index (χ0v) is 17.2. The normalized spacial score (nSPS) is 14.7. The lowest BCUT2D eigenvalue weighted by Crippen LogP contribution is -2.37. The Kier molecular flexibility index (Phi) is 6.79. The molecule has 1 unspecified atom stereocenters. The maximum atomic E-state index is 11.0. The van der Waals surface area contributed by atoms with Gasteiger partial charge in [-0.3, -0.25) is 4.67 Å². The number of hydrogen-bond acceptors (Lipinski definition) is 2. The van der Waals surface area contributed by atoms with Gasteiger partial charge in [-0.2, -0.15) is 0 Å². The Labute approximate surface area is 164 Å². The molecule has 0 amide bonds. The second kappa shape index (κ2) is 9.28. The summed E-state index contributed by atoms with van der Waals surface area (Å²) in [6.45, 7) is 4.32. The number of rotatable bonds is 7. The van der Waals surface area contributed by atoms with Crippen molar-refractivity contribution < 1.29 is 5.11 Å². The van der Waals surface area contributed by atoms with Gasteiger partial charge in [0.15, 0.2) is 0 Å². The minimum atomic E-state index is -0.728. The van der Waals surface area contributed by atoms with E-state index in [-0.39, 0.29) is 6.04 Å². The zero-order valence-electron chi connectivity index (χ0n) is 16.3. The average Bonchev–Trinajstić information content (AvgIpc) is 2.74. The van der Waals surface area contributed by atoms with Crippen LogP contribution in [0.5, 0.6) is 0 Å². The van der Waals surface area contributed by atoms with Gasteiger partial charge in [0.2, 0.25) is 0 Å². The SMILES string of the molecule is CCc1ccccc1[P@](c1ccccc1)N(C)[C@@H](C)C(O)c1ccccc1. The standard InChI is InChI=1S/C24H28NOP/c1-4-20-13-11-12-18-23(20)27(22-16-9-6-10-17-22)25(3)19(2)24(26)21-14-7-5-8-15-21/h5-19,24,26H,4H2,1-3H3/t19-,24?,27-/m0/s1. The topological polar surface area (TPSA) is 23.5 Å². The van der Waals surface area contributed by atoms with Gasteiger partial charge in [0.25, 0.3) is 0 Å². The van der Waals surface area contributed by atoms with Gasteiger partial charge < -0.3 is 5.11 Å². The van der Waals surface area contributed by atoms with E-state index in [0.29, 0.717) is 0 Å². The van der Waals surface area contributed by atoms with Crippen molar-refractivity contribution in [2.24, 2.45) is 0 Å². The molecule has 0 aliphatic carbocycles. The lowest BCUT2D eigenvalue weighted by atomic mass is 10.0. The fourth-order valence-corrected chi connectivity index (χ4v) is 6.05. The van der Waals surface area contributed by atoms with Crippen molar-refractivity contribution in [3.05, 3.63) is 96.1 Å². The fraction of sp³-hybridized carbons (Fsp3) is 0.250. The van der Waals surface area contributed by atoms with E-state index in [1.165, 1.54) is 16.2 Å². The summed E-state index contributed by atoms with van der Waals surface area (Å²) in [5.74, 6) is 0. The van der Waals surface area contributed by atoms with Gasteiger partial charge in [-0.1, -0.05) is 91.9 Å². The van der Waals surface area contributed by atoms with E-state index >= 15 is 0 Å². The first-order chi connectivity index (χ1) is 13.1. The highest BCUT2D eigenvalue weighted by Crippen LogP contribution is 2.42. The van der Waals surface area contributed by atoms with Gasteiger partial charge in [0, 0.05) is 14.1 Å². The molecule has 2 nitrogen and oxygen atoms in total. The molecule has 0 aliphatic heterocycles. The van der Waals surface area contributed by atoms with Gasteiger partial charge in [-0.25, -0.2) is 0 Å². The molecule has 0 radical (unpaired) electrons. The van der Waals surface area contributed by atoms with Crippen LogP contribution >= 0.6 is 8.07 Å². The van der Waals surface area contributed by atoms with Crippen LogP contribution in [0.25, 0.3) is 0 Å². The Hall–Kier alpha value is -1.99. The highest BCUT2D eigenvalue weighted by molar-refractivity contribution is 7.70. The zero-order chi connectivity index (χ0) is 19.2. The summed E-state index contributed by atoms with van der Waals surface area (Å²) in [5.41, 5.74) is 2.34. The molecule has 140 valence electrons. The van der Waals surface area contributed by atoms with E-state index in [2.05, 4.69) is 80.2 Å². The Morgan fingerprint density at radius 3 is 2.04 bits per heavy atom. The van der Waals surface area contributed by atoms with Crippen molar-refractivity contribution in [2.45, 2.75) is 32.4 Å². The number of aryl methyl sites for hydroxylation is 1. The van der Waals surface area contributed by atoms with Gasteiger partial charge in [0.1, 0.15) is 0 Å². The minimum absolute atomic E-state index is 0.0105. The molecule has 0 saturated heterocycles. The van der Waals surface area contributed by atoms with Crippen LogP contribution in [0, 0.1) is 0 Å². The molecule has 1 N–H and O–H groups in total. The first kappa shape index (κ1) is 19.8. The van der Waals surface area contributed by atoms with Crippen molar-refractivity contribution in [3.8, 4) is 0 Å². The first-order valence-electron chi connectivity index (χ1n) is 9.52. The number of nitrogens with zero attached hydrogens (tertiary/aromatic N) is 1. The van der Waals surface area contributed by atoms with Gasteiger partial charge in [-0.15, -0.1) is 0 Å². The molecule has 0 heterocycles. The van der Waals surface area contributed by atoms with Gasteiger partial charge >= 0.3 is 0 Å². The van der Waals surface area contributed by atoms with E-state index in [1.807, 2.05) is 30.3 Å². The third-order valence-electron chi connectivity index (χ3n) is 5.10. The van der Waals surface area contributed by atoms with E-state index < -0.39 is 14.2 Å². The molecule has 3 heteroatoms. The molecular formula is C24H28NOP. The molecule has 3 aromatic carbocycles. The van der Waals surface area contributed by atoms with E-state index in [4.69, 9.17) is 0 Å². The Bertz CT molecular complexity index is 837. The van der Waals surface area contributed by atoms with Crippen LogP contribution in [0.4, 0.5) is 0 Å². The Morgan fingerprint density at radius 2 is 1.41 bits per heavy atom. The van der Waals surface area contributed by atoms with Crippen molar-refractivity contribution in [3.63, 3.8) is 0 Å². The van der Waals surface area contributed by atoms with Crippen LogP contribution < -0.4 is 10.6 Å². The third-order valence-corrected chi connectivity index (χ3v) is 7.78. The van der Waals surface area contributed by atoms with Crippen LogP contribution in [0.2, 0.25) is 0 Å². The van der Waals surface area contributed by atoms with Crippen molar-refractivity contribution in [2.75, 3.05) is 7.05 Å². The molecule has 3 rings (SSSR count).